The molecule has 4 aliphatic carbocycles. The van der Waals surface area contributed by atoms with E-state index in [0.29, 0.717) is 47.1 Å². The van der Waals surface area contributed by atoms with E-state index in [-0.39, 0.29) is 5.60 Å². The summed E-state index contributed by atoms with van der Waals surface area (Å²) < 4.78 is 8.36. The number of fused-ring (bicyclic) bond motifs is 6. The van der Waals surface area contributed by atoms with Crippen molar-refractivity contribution in [2.24, 2.45) is 40.9 Å². The number of carbonyl (C=O) groups excluding carboxylic acids is 1. The van der Waals surface area contributed by atoms with Crippen molar-refractivity contribution in [2.75, 3.05) is 34.2 Å². The van der Waals surface area contributed by atoms with Gasteiger partial charge in [0.15, 0.2) is 0 Å². The Kier molecular flexibility index (Phi) is 6.80. The van der Waals surface area contributed by atoms with Crippen molar-refractivity contribution in [1.82, 2.24) is 4.90 Å². The van der Waals surface area contributed by atoms with Crippen LogP contribution < -0.4 is 0 Å². The third kappa shape index (κ3) is 4.38. The molecule has 2 aliphatic heterocycles. The summed E-state index contributed by atoms with van der Waals surface area (Å²) in [6.07, 6.45) is 12.1. The van der Waals surface area contributed by atoms with Crippen LogP contribution in [0.1, 0.15) is 98.8 Å². The number of likely N-dealkylation sites (N-methyl/N-ethyl adjacent to an activating group) is 1. The summed E-state index contributed by atoms with van der Waals surface area (Å²) in [5.74, 6) is 4.86. The Morgan fingerprint density at radius 2 is 1.87 bits per heavy atom. The highest BCUT2D eigenvalue weighted by Gasteiger charge is 2.60. The van der Waals surface area contributed by atoms with E-state index >= 15 is 0 Å². The number of rotatable bonds is 3. The first-order valence-corrected chi connectivity index (χ1v) is 16.3. The summed E-state index contributed by atoms with van der Waals surface area (Å²) in [5, 5.41) is 0. The lowest BCUT2D eigenvalue weighted by atomic mass is 9.52. The number of piperidine rings is 1. The van der Waals surface area contributed by atoms with Crippen LogP contribution in [-0.4, -0.2) is 73.2 Å². The van der Waals surface area contributed by atoms with Crippen molar-refractivity contribution in [3.63, 3.8) is 0 Å². The lowest BCUT2D eigenvalue weighted by Gasteiger charge is -2.52. The molecule has 214 valence electrons. The number of hydrogen-bond donors (Lipinski definition) is 0. The summed E-state index contributed by atoms with van der Waals surface area (Å²) in [7, 11) is 7.01. The minimum Gasteiger partial charge on any atom is -0.369 e. The Bertz CT molecular complexity index is 981. The first-order chi connectivity index (χ1) is 17.8. The maximum absolute atomic E-state index is 12.3. The lowest BCUT2D eigenvalue weighted by molar-refractivity contribution is -0.872. The third-order valence-corrected chi connectivity index (χ3v) is 13.0. The van der Waals surface area contributed by atoms with Crippen molar-refractivity contribution in [1.29, 1.82) is 0 Å². The molecule has 0 radical (unpaired) electrons. The van der Waals surface area contributed by atoms with E-state index in [1.807, 2.05) is 5.57 Å². The highest BCUT2D eigenvalue weighted by atomic mass is 16.5. The summed E-state index contributed by atoms with van der Waals surface area (Å²) in [6, 6.07) is 1.14. The van der Waals surface area contributed by atoms with Gasteiger partial charge in [0, 0.05) is 31.3 Å². The number of Topliss-reactive ketones (excluding diaryl/α,β-unsaturated/α-hetero) is 1. The Morgan fingerprint density at radius 3 is 2.61 bits per heavy atom. The van der Waals surface area contributed by atoms with Crippen LogP contribution in [0, 0.1) is 40.9 Å². The second-order valence-corrected chi connectivity index (χ2v) is 16.5. The molecule has 3 saturated carbocycles. The zero-order chi connectivity index (χ0) is 27.2. The molecule has 5 fully saturated rings. The van der Waals surface area contributed by atoms with Crippen LogP contribution in [-0.2, 0) is 9.53 Å². The molecular formula is C34H57N2O2+. The smallest absolute Gasteiger partial charge is 0.133 e. The Labute approximate surface area is 233 Å². The van der Waals surface area contributed by atoms with Crippen molar-refractivity contribution >= 4 is 5.78 Å². The van der Waals surface area contributed by atoms with Crippen LogP contribution in [0.2, 0.25) is 0 Å². The summed E-state index contributed by atoms with van der Waals surface area (Å²) in [5.41, 5.74) is 3.91. The molecule has 4 heteroatoms. The normalized spacial score (nSPS) is 48.4. The van der Waals surface area contributed by atoms with Gasteiger partial charge in [0.2, 0.25) is 0 Å². The summed E-state index contributed by atoms with van der Waals surface area (Å²) in [4.78, 5) is 15.2. The molecule has 0 N–H and O–H groups in total. The van der Waals surface area contributed by atoms with Crippen LogP contribution in [0.4, 0.5) is 0 Å². The highest BCUT2D eigenvalue weighted by Crippen LogP contribution is 2.65. The molecule has 0 amide bonds. The van der Waals surface area contributed by atoms with E-state index < -0.39 is 0 Å². The maximum Gasteiger partial charge on any atom is 0.133 e. The van der Waals surface area contributed by atoms with Gasteiger partial charge in [0.05, 0.1) is 45.4 Å². The molecule has 4 nitrogen and oxygen atoms in total. The predicted molar refractivity (Wildman–Crippen MR) is 155 cm³/mol. The Morgan fingerprint density at radius 1 is 1.11 bits per heavy atom. The fourth-order valence-electron chi connectivity index (χ4n) is 11.3. The van der Waals surface area contributed by atoms with Gasteiger partial charge in [0.25, 0.3) is 0 Å². The van der Waals surface area contributed by atoms with Gasteiger partial charge in [-0.15, -0.1) is 0 Å². The average molecular weight is 526 g/mol. The third-order valence-electron chi connectivity index (χ3n) is 13.0. The van der Waals surface area contributed by atoms with Crippen LogP contribution in [0.15, 0.2) is 11.1 Å². The van der Waals surface area contributed by atoms with Crippen LogP contribution in [0.3, 0.4) is 0 Å². The van der Waals surface area contributed by atoms with E-state index in [0.717, 1.165) is 47.9 Å². The molecule has 0 bridgehead atoms. The fourth-order valence-corrected chi connectivity index (χ4v) is 11.3. The van der Waals surface area contributed by atoms with Gasteiger partial charge in [-0.1, -0.05) is 31.9 Å². The number of ether oxygens (including phenoxy) is 1. The van der Waals surface area contributed by atoms with E-state index in [2.05, 4.69) is 60.7 Å². The highest BCUT2D eigenvalue weighted by molar-refractivity contribution is 5.79. The molecule has 11 atom stereocenters. The molecule has 0 aromatic heterocycles. The zero-order valence-electron chi connectivity index (χ0n) is 25.9. The van der Waals surface area contributed by atoms with Gasteiger partial charge in [-0.2, -0.15) is 0 Å². The molecule has 2 heterocycles. The minimum absolute atomic E-state index is 0.0171. The van der Waals surface area contributed by atoms with E-state index in [1.165, 1.54) is 51.6 Å². The molecule has 1 spiro atoms. The van der Waals surface area contributed by atoms with E-state index in [1.54, 1.807) is 5.57 Å². The second-order valence-electron chi connectivity index (χ2n) is 16.5. The number of carbonyl (C=O) groups is 1. The minimum atomic E-state index is 0.0171. The summed E-state index contributed by atoms with van der Waals surface area (Å²) in [6.45, 7) is 14.9. The number of allylic oxidation sites excluding steroid dienone is 1. The largest absolute Gasteiger partial charge is 0.369 e. The van der Waals surface area contributed by atoms with Gasteiger partial charge in [-0.25, -0.2) is 0 Å². The number of nitrogens with zero attached hydrogens (tertiary/aromatic N) is 2. The molecular weight excluding hydrogens is 468 g/mol. The number of likely N-dealkylation sites (tertiary alicyclic amines) is 1. The van der Waals surface area contributed by atoms with Gasteiger partial charge in [-0.3, -0.25) is 9.69 Å². The Hall–Kier alpha value is -0.710. The predicted octanol–water partition coefficient (Wildman–Crippen LogP) is 6.49. The van der Waals surface area contributed by atoms with Crippen molar-refractivity contribution < 1.29 is 14.0 Å². The fraction of sp³-hybridized carbons (Fsp3) is 0.912. The SMILES string of the molecule is CC1=C2C[C@H]3[C@@H](CC[C@@H]4CC(=O)CC[C@@]43C)[C@@H]2CC[C@@]2(C1)O[C@@H]1C[C@H](C)CN(C(C)C[N+](C)(C)C)[C@H]1[C@H]2C. The summed E-state index contributed by atoms with van der Waals surface area (Å²) >= 11 is 0. The molecule has 38 heavy (non-hydrogen) atoms. The van der Waals surface area contributed by atoms with Crippen LogP contribution >= 0.6 is 0 Å². The average Bonchev–Trinajstić information content (AvgIpc) is 3.28. The first kappa shape index (κ1) is 27.5. The quantitative estimate of drug-likeness (QED) is 0.312. The van der Waals surface area contributed by atoms with E-state index in [9.17, 15) is 4.79 Å². The number of ketones is 1. The van der Waals surface area contributed by atoms with Gasteiger partial charge in [0.1, 0.15) is 5.78 Å². The van der Waals surface area contributed by atoms with Crippen LogP contribution in [0.25, 0.3) is 0 Å². The molecule has 6 aliphatic rings. The van der Waals surface area contributed by atoms with E-state index in [4.69, 9.17) is 4.74 Å². The topological polar surface area (TPSA) is 29.5 Å². The zero-order valence-corrected chi connectivity index (χ0v) is 25.9. The lowest BCUT2D eigenvalue weighted by Crippen LogP contribution is -2.58. The number of quaternary nitrogens is 1. The standard InChI is InChI=1S/C34H57N2O2/c1-21-15-31-32(35(19-21)23(3)20-36(6,7)8)24(4)34(38-31)14-12-27-28-10-9-25-16-26(37)11-13-33(25,5)30(28)17-29(27)22(2)18-34/h21,23-25,27-28,30-32H,9-20H2,1-8H3/q+1/t21-,23?,24+,25+,27-,28-,30-,31+,32-,33-,34-/m0/s1. The molecule has 0 aromatic rings. The van der Waals surface area contributed by atoms with Crippen LogP contribution in [0.5, 0.6) is 0 Å². The van der Waals surface area contributed by atoms with Gasteiger partial charge < -0.3 is 9.22 Å². The molecule has 6 rings (SSSR count). The maximum atomic E-state index is 12.3. The first-order valence-electron chi connectivity index (χ1n) is 16.3. The molecule has 0 aromatic carbocycles. The van der Waals surface area contributed by atoms with Crippen molar-refractivity contribution in [3.8, 4) is 0 Å². The van der Waals surface area contributed by atoms with Gasteiger partial charge >= 0.3 is 0 Å². The Balaban J connectivity index is 1.26. The monoisotopic (exact) mass is 525 g/mol. The van der Waals surface area contributed by atoms with Crippen molar-refractivity contribution in [2.45, 2.75) is 123 Å². The van der Waals surface area contributed by atoms with Crippen molar-refractivity contribution in [3.05, 3.63) is 11.1 Å². The second kappa shape index (κ2) is 9.41. The number of hydrogen-bond acceptors (Lipinski definition) is 3. The molecule has 2 saturated heterocycles. The van der Waals surface area contributed by atoms with Gasteiger partial charge in [-0.05, 0) is 100 Å². The molecule has 1 unspecified atom stereocenters.